The third-order valence-electron chi connectivity index (χ3n) is 3.99. The lowest BCUT2D eigenvalue weighted by Gasteiger charge is -2.34. The van der Waals surface area contributed by atoms with Gasteiger partial charge >= 0.3 is 0 Å². The Labute approximate surface area is 121 Å². The molecule has 0 spiro atoms. The van der Waals surface area contributed by atoms with Gasteiger partial charge in [0.2, 0.25) is 0 Å². The van der Waals surface area contributed by atoms with Gasteiger partial charge in [0.05, 0.1) is 0 Å². The predicted octanol–water partition coefficient (Wildman–Crippen LogP) is 3.14. The molecule has 0 radical (unpaired) electrons. The molecule has 2 aromatic rings. The van der Waals surface area contributed by atoms with Crippen LogP contribution >= 0.6 is 0 Å². The molecule has 2 heteroatoms. The molecule has 1 heterocycles. The molecular formula is C18H22N2. The maximum absolute atomic E-state index is 3.63. The Morgan fingerprint density at radius 3 is 2.55 bits per heavy atom. The summed E-state index contributed by atoms with van der Waals surface area (Å²) >= 11 is 0. The van der Waals surface area contributed by atoms with Gasteiger partial charge in [-0.2, -0.15) is 0 Å². The zero-order valence-electron chi connectivity index (χ0n) is 12.0. The van der Waals surface area contributed by atoms with Gasteiger partial charge < -0.3 is 5.32 Å². The zero-order chi connectivity index (χ0) is 13.8. The van der Waals surface area contributed by atoms with Gasteiger partial charge in [0.15, 0.2) is 0 Å². The van der Waals surface area contributed by atoms with Crippen LogP contribution in [0, 0.1) is 6.92 Å². The predicted molar refractivity (Wildman–Crippen MR) is 83.6 cm³/mol. The summed E-state index contributed by atoms with van der Waals surface area (Å²) in [6.07, 6.45) is 0. The van der Waals surface area contributed by atoms with Crippen molar-refractivity contribution < 1.29 is 0 Å². The Morgan fingerprint density at radius 1 is 1.05 bits per heavy atom. The topological polar surface area (TPSA) is 15.3 Å². The highest BCUT2D eigenvalue weighted by Gasteiger charge is 2.20. The molecule has 1 N–H and O–H groups in total. The summed E-state index contributed by atoms with van der Waals surface area (Å²) in [6, 6.07) is 20.1. The average Bonchev–Trinajstić information content (AvgIpc) is 2.49. The fourth-order valence-corrected chi connectivity index (χ4v) is 2.82. The minimum Gasteiger partial charge on any atom is -0.308 e. The third kappa shape index (κ3) is 3.27. The second-order valence-corrected chi connectivity index (χ2v) is 5.64. The number of benzene rings is 2. The van der Waals surface area contributed by atoms with Crippen molar-refractivity contribution in [3.8, 4) is 0 Å². The third-order valence-corrected chi connectivity index (χ3v) is 3.99. The van der Waals surface area contributed by atoms with Crippen LogP contribution in [0.4, 0.5) is 0 Å². The van der Waals surface area contributed by atoms with E-state index in [-0.39, 0.29) is 0 Å². The lowest BCUT2D eigenvalue weighted by Crippen LogP contribution is -2.45. The Bertz CT molecular complexity index is 533. The summed E-state index contributed by atoms with van der Waals surface area (Å²) in [5, 5.41) is 3.63. The Morgan fingerprint density at radius 2 is 1.80 bits per heavy atom. The van der Waals surface area contributed by atoms with Gasteiger partial charge in [0.1, 0.15) is 0 Å². The summed E-state index contributed by atoms with van der Waals surface area (Å²) in [6.45, 7) is 6.45. The van der Waals surface area contributed by atoms with E-state index < -0.39 is 0 Å². The van der Waals surface area contributed by atoms with Crippen LogP contribution < -0.4 is 5.32 Å². The van der Waals surface area contributed by atoms with Gasteiger partial charge in [-0.25, -0.2) is 0 Å². The number of piperazine rings is 1. The molecule has 2 aromatic carbocycles. The summed E-state index contributed by atoms with van der Waals surface area (Å²) in [4.78, 5) is 2.54. The van der Waals surface area contributed by atoms with Gasteiger partial charge in [0, 0.05) is 32.2 Å². The second-order valence-electron chi connectivity index (χ2n) is 5.64. The smallest absolute Gasteiger partial charge is 0.0449 e. The maximum Gasteiger partial charge on any atom is 0.0449 e. The molecule has 1 saturated heterocycles. The van der Waals surface area contributed by atoms with Gasteiger partial charge in [-0.1, -0.05) is 60.2 Å². The SMILES string of the molecule is Cc1ccc(C2CN(Cc3ccccc3)CCN2)cc1. The van der Waals surface area contributed by atoms with Crippen molar-refractivity contribution in [1.82, 2.24) is 10.2 Å². The highest BCUT2D eigenvalue weighted by Crippen LogP contribution is 2.19. The van der Waals surface area contributed by atoms with E-state index in [1.165, 1.54) is 16.7 Å². The first-order valence-corrected chi connectivity index (χ1v) is 7.37. The Kier molecular flexibility index (Phi) is 4.14. The first-order chi connectivity index (χ1) is 9.81. The first kappa shape index (κ1) is 13.3. The largest absolute Gasteiger partial charge is 0.308 e. The van der Waals surface area contributed by atoms with E-state index in [2.05, 4.69) is 71.7 Å². The van der Waals surface area contributed by atoms with Gasteiger partial charge in [0.25, 0.3) is 0 Å². The maximum atomic E-state index is 3.63. The van der Waals surface area contributed by atoms with E-state index in [9.17, 15) is 0 Å². The number of hydrogen-bond acceptors (Lipinski definition) is 2. The zero-order valence-corrected chi connectivity index (χ0v) is 12.0. The lowest BCUT2D eigenvalue weighted by atomic mass is 10.0. The van der Waals surface area contributed by atoms with Crippen molar-refractivity contribution in [3.05, 3.63) is 71.3 Å². The molecular weight excluding hydrogens is 244 g/mol. The van der Waals surface area contributed by atoms with Crippen LogP contribution in [-0.4, -0.2) is 24.5 Å². The normalized spacial score (nSPS) is 19.9. The van der Waals surface area contributed by atoms with Crippen LogP contribution in [0.25, 0.3) is 0 Å². The van der Waals surface area contributed by atoms with Crippen molar-refractivity contribution >= 4 is 0 Å². The fraction of sp³-hybridized carbons (Fsp3) is 0.333. The molecule has 20 heavy (non-hydrogen) atoms. The van der Waals surface area contributed by atoms with Gasteiger partial charge in [-0.3, -0.25) is 4.90 Å². The van der Waals surface area contributed by atoms with Gasteiger partial charge in [-0.15, -0.1) is 0 Å². The van der Waals surface area contributed by atoms with Crippen molar-refractivity contribution in [3.63, 3.8) is 0 Å². The molecule has 0 amide bonds. The summed E-state index contributed by atoms with van der Waals surface area (Å²) in [5.74, 6) is 0. The fourth-order valence-electron chi connectivity index (χ4n) is 2.82. The molecule has 1 fully saturated rings. The molecule has 0 aliphatic carbocycles. The van der Waals surface area contributed by atoms with Crippen LogP contribution in [0.1, 0.15) is 22.7 Å². The van der Waals surface area contributed by atoms with Gasteiger partial charge in [-0.05, 0) is 18.1 Å². The van der Waals surface area contributed by atoms with Crippen molar-refractivity contribution in [2.24, 2.45) is 0 Å². The van der Waals surface area contributed by atoms with Crippen LogP contribution in [0.2, 0.25) is 0 Å². The van der Waals surface area contributed by atoms with Crippen molar-refractivity contribution in [1.29, 1.82) is 0 Å². The van der Waals surface area contributed by atoms with Crippen molar-refractivity contribution in [2.75, 3.05) is 19.6 Å². The van der Waals surface area contributed by atoms with E-state index in [1.807, 2.05) is 0 Å². The molecule has 0 saturated carbocycles. The van der Waals surface area contributed by atoms with Crippen LogP contribution in [0.15, 0.2) is 54.6 Å². The number of aryl methyl sites for hydroxylation is 1. The molecule has 1 aliphatic heterocycles. The highest BCUT2D eigenvalue weighted by atomic mass is 15.2. The minimum atomic E-state index is 0.452. The van der Waals surface area contributed by atoms with Crippen LogP contribution in [0.3, 0.4) is 0 Å². The molecule has 1 unspecified atom stereocenters. The molecule has 1 atom stereocenters. The van der Waals surface area contributed by atoms with Crippen molar-refractivity contribution in [2.45, 2.75) is 19.5 Å². The van der Waals surface area contributed by atoms with E-state index in [0.29, 0.717) is 6.04 Å². The Balaban J connectivity index is 1.66. The number of nitrogens with zero attached hydrogens (tertiary/aromatic N) is 1. The van der Waals surface area contributed by atoms with E-state index >= 15 is 0 Å². The molecule has 0 aromatic heterocycles. The quantitative estimate of drug-likeness (QED) is 0.918. The minimum absolute atomic E-state index is 0.452. The Hall–Kier alpha value is -1.64. The molecule has 1 aliphatic rings. The lowest BCUT2D eigenvalue weighted by molar-refractivity contribution is 0.193. The molecule has 0 bridgehead atoms. The average molecular weight is 266 g/mol. The first-order valence-electron chi connectivity index (χ1n) is 7.37. The van der Waals surface area contributed by atoms with E-state index in [0.717, 1.165) is 26.2 Å². The standard InChI is InChI=1S/C18H22N2/c1-15-7-9-17(10-8-15)18-14-20(12-11-19-18)13-16-5-3-2-4-6-16/h2-10,18-19H,11-14H2,1H3. The molecule has 2 nitrogen and oxygen atoms in total. The number of rotatable bonds is 3. The summed E-state index contributed by atoms with van der Waals surface area (Å²) in [5.41, 5.74) is 4.12. The monoisotopic (exact) mass is 266 g/mol. The molecule has 3 rings (SSSR count). The molecule has 104 valence electrons. The van der Waals surface area contributed by atoms with Crippen LogP contribution in [-0.2, 0) is 6.54 Å². The van der Waals surface area contributed by atoms with Crippen LogP contribution in [0.5, 0.6) is 0 Å². The van der Waals surface area contributed by atoms with E-state index in [4.69, 9.17) is 0 Å². The van der Waals surface area contributed by atoms with E-state index in [1.54, 1.807) is 0 Å². The number of hydrogen-bond donors (Lipinski definition) is 1. The summed E-state index contributed by atoms with van der Waals surface area (Å²) in [7, 11) is 0. The second kappa shape index (κ2) is 6.21. The number of nitrogens with one attached hydrogen (secondary N) is 1. The highest BCUT2D eigenvalue weighted by molar-refractivity contribution is 5.25. The summed E-state index contributed by atoms with van der Waals surface area (Å²) < 4.78 is 0.